The third kappa shape index (κ3) is 3.40. The lowest BCUT2D eigenvalue weighted by molar-refractivity contribution is 0.875. The molecule has 0 amide bonds. The Balaban J connectivity index is 2.23. The molecule has 100 valence electrons. The summed E-state index contributed by atoms with van der Waals surface area (Å²) in [5.41, 5.74) is 1.07. The molecule has 2 rings (SSSR count). The van der Waals surface area contributed by atoms with Crippen molar-refractivity contribution in [1.82, 2.24) is 15.2 Å². The smallest absolute Gasteiger partial charge is 0.251 e. The van der Waals surface area contributed by atoms with Crippen molar-refractivity contribution in [2.75, 3.05) is 23.3 Å². The summed E-state index contributed by atoms with van der Waals surface area (Å²) < 4.78 is 0. The zero-order valence-corrected chi connectivity index (χ0v) is 11.4. The fourth-order valence-corrected chi connectivity index (χ4v) is 1.79. The van der Waals surface area contributed by atoms with E-state index in [1.165, 1.54) is 0 Å². The Morgan fingerprint density at radius 3 is 2.63 bits per heavy atom. The molecule has 1 heterocycles. The Kier molecular flexibility index (Phi) is 4.66. The van der Waals surface area contributed by atoms with Crippen LogP contribution in [0.5, 0.6) is 0 Å². The van der Waals surface area contributed by atoms with Crippen molar-refractivity contribution in [3.05, 3.63) is 36.5 Å². The molecule has 0 aliphatic carbocycles. The molecule has 1 aromatic heterocycles. The molecule has 0 bridgehead atoms. The third-order valence-corrected chi connectivity index (χ3v) is 2.73. The molecule has 5 heteroatoms. The average Bonchev–Trinajstić information content (AvgIpc) is 2.47. The predicted octanol–water partition coefficient (Wildman–Crippen LogP) is 2.85. The Morgan fingerprint density at radius 1 is 1.16 bits per heavy atom. The van der Waals surface area contributed by atoms with Crippen molar-refractivity contribution in [2.45, 2.75) is 20.3 Å². The maximum atomic E-state index is 4.50. The number of anilines is 3. The lowest BCUT2D eigenvalue weighted by Gasteiger charge is -2.20. The molecule has 0 unspecified atom stereocenters. The molecule has 0 fully saturated rings. The quantitative estimate of drug-likeness (QED) is 0.862. The van der Waals surface area contributed by atoms with Crippen LogP contribution in [0.4, 0.5) is 17.5 Å². The monoisotopic (exact) mass is 257 g/mol. The van der Waals surface area contributed by atoms with Gasteiger partial charge in [0.2, 0.25) is 0 Å². The molecule has 0 spiro atoms. The average molecular weight is 257 g/mol. The molecule has 1 N–H and O–H groups in total. The molecule has 0 aliphatic heterocycles. The van der Waals surface area contributed by atoms with Gasteiger partial charge in [-0.25, -0.2) is 0 Å². The highest BCUT2D eigenvalue weighted by Gasteiger charge is 2.10. The number of hydrogen-bond donors (Lipinski definition) is 1. The molecular weight excluding hydrogens is 238 g/mol. The first-order valence-corrected chi connectivity index (χ1v) is 6.61. The topological polar surface area (TPSA) is 53.9 Å². The molecule has 1 aromatic carbocycles. The number of nitrogens with one attached hydrogen (secondary N) is 1. The third-order valence-electron chi connectivity index (χ3n) is 2.73. The standard InChI is InChI=1S/C14H19N5/c1-3-10-15-13-11-16-18-14(17-13)19(4-2)12-8-6-5-7-9-12/h5-9,11H,3-4,10H2,1-2H3,(H,15,17,18). The maximum absolute atomic E-state index is 4.50. The summed E-state index contributed by atoms with van der Waals surface area (Å²) >= 11 is 0. The summed E-state index contributed by atoms with van der Waals surface area (Å²) in [5.74, 6) is 1.39. The highest BCUT2D eigenvalue weighted by Crippen LogP contribution is 2.21. The zero-order valence-electron chi connectivity index (χ0n) is 11.4. The van der Waals surface area contributed by atoms with Crippen molar-refractivity contribution in [3.63, 3.8) is 0 Å². The highest BCUT2D eigenvalue weighted by molar-refractivity contribution is 5.57. The van der Waals surface area contributed by atoms with Gasteiger partial charge in [0.25, 0.3) is 5.95 Å². The van der Waals surface area contributed by atoms with Crippen molar-refractivity contribution >= 4 is 17.5 Å². The molecule has 0 atom stereocenters. The van der Waals surface area contributed by atoms with E-state index in [1.807, 2.05) is 35.2 Å². The van der Waals surface area contributed by atoms with Crippen molar-refractivity contribution in [2.24, 2.45) is 0 Å². The van der Waals surface area contributed by atoms with Crippen molar-refractivity contribution in [3.8, 4) is 0 Å². The summed E-state index contributed by atoms with van der Waals surface area (Å²) in [5, 5.41) is 11.4. The van der Waals surface area contributed by atoms with Crippen LogP contribution >= 0.6 is 0 Å². The second kappa shape index (κ2) is 6.68. The van der Waals surface area contributed by atoms with Crippen LogP contribution in [0, 0.1) is 0 Å². The van der Waals surface area contributed by atoms with E-state index in [0.29, 0.717) is 5.95 Å². The van der Waals surface area contributed by atoms with Gasteiger partial charge in [0.15, 0.2) is 5.82 Å². The maximum Gasteiger partial charge on any atom is 0.251 e. The molecule has 0 saturated heterocycles. The van der Waals surface area contributed by atoms with Crippen molar-refractivity contribution in [1.29, 1.82) is 0 Å². The summed E-state index contributed by atoms with van der Waals surface area (Å²) in [6.07, 6.45) is 2.70. The van der Waals surface area contributed by atoms with E-state index in [1.54, 1.807) is 6.20 Å². The van der Waals surface area contributed by atoms with E-state index in [-0.39, 0.29) is 0 Å². The van der Waals surface area contributed by atoms with E-state index in [4.69, 9.17) is 0 Å². The Hall–Kier alpha value is -2.17. The summed E-state index contributed by atoms with van der Waals surface area (Å²) in [6.45, 7) is 5.87. The zero-order chi connectivity index (χ0) is 13.5. The molecule has 19 heavy (non-hydrogen) atoms. The molecule has 5 nitrogen and oxygen atoms in total. The first-order chi connectivity index (χ1) is 9.35. The fourth-order valence-electron chi connectivity index (χ4n) is 1.79. The minimum absolute atomic E-state index is 0.620. The number of hydrogen-bond acceptors (Lipinski definition) is 5. The van der Waals surface area contributed by atoms with Gasteiger partial charge in [-0.3, -0.25) is 0 Å². The van der Waals surface area contributed by atoms with Gasteiger partial charge in [0.05, 0.1) is 6.20 Å². The van der Waals surface area contributed by atoms with Crippen LogP contribution in [-0.2, 0) is 0 Å². The van der Waals surface area contributed by atoms with Crippen LogP contribution in [0.1, 0.15) is 20.3 Å². The van der Waals surface area contributed by atoms with Crippen LogP contribution in [0.2, 0.25) is 0 Å². The van der Waals surface area contributed by atoms with Crippen LogP contribution in [0.3, 0.4) is 0 Å². The SMILES string of the molecule is CCCNc1cnnc(N(CC)c2ccccc2)n1. The van der Waals surface area contributed by atoms with E-state index in [0.717, 1.165) is 31.0 Å². The van der Waals surface area contributed by atoms with Gasteiger partial charge < -0.3 is 10.2 Å². The normalized spacial score (nSPS) is 10.2. The number of benzene rings is 1. The second-order valence-corrected chi connectivity index (χ2v) is 4.15. The Morgan fingerprint density at radius 2 is 1.95 bits per heavy atom. The summed E-state index contributed by atoms with van der Waals surface area (Å²) in [7, 11) is 0. The first kappa shape index (κ1) is 13.3. The second-order valence-electron chi connectivity index (χ2n) is 4.15. The van der Waals surface area contributed by atoms with Crippen LogP contribution < -0.4 is 10.2 Å². The van der Waals surface area contributed by atoms with E-state index < -0.39 is 0 Å². The first-order valence-electron chi connectivity index (χ1n) is 6.61. The molecule has 0 aliphatic rings. The number of nitrogens with zero attached hydrogens (tertiary/aromatic N) is 4. The fraction of sp³-hybridized carbons (Fsp3) is 0.357. The van der Waals surface area contributed by atoms with E-state index in [9.17, 15) is 0 Å². The number of para-hydroxylation sites is 1. The largest absolute Gasteiger partial charge is 0.369 e. The minimum Gasteiger partial charge on any atom is -0.369 e. The Labute approximate surface area is 113 Å². The van der Waals surface area contributed by atoms with Gasteiger partial charge in [0.1, 0.15) is 0 Å². The van der Waals surface area contributed by atoms with E-state index in [2.05, 4.69) is 34.3 Å². The van der Waals surface area contributed by atoms with Gasteiger partial charge in [-0.05, 0) is 25.5 Å². The van der Waals surface area contributed by atoms with Gasteiger partial charge in [-0.2, -0.15) is 10.1 Å². The van der Waals surface area contributed by atoms with Crippen molar-refractivity contribution < 1.29 is 0 Å². The van der Waals surface area contributed by atoms with Gasteiger partial charge >= 0.3 is 0 Å². The minimum atomic E-state index is 0.620. The van der Waals surface area contributed by atoms with Crippen LogP contribution in [0.25, 0.3) is 0 Å². The van der Waals surface area contributed by atoms with Crippen LogP contribution in [-0.4, -0.2) is 28.3 Å². The van der Waals surface area contributed by atoms with Gasteiger partial charge in [-0.1, -0.05) is 25.1 Å². The molecular formula is C14H19N5. The number of rotatable bonds is 6. The number of aromatic nitrogens is 3. The summed E-state index contributed by atoms with van der Waals surface area (Å²) in [4.78, 5) is 6.53. The van der Waals surface area contributed by atoms with E-state index >= 15 is 0 Å². The Bertz CT molecular complexity index is 500. The molecule has 0 saturated carbocycles. The van der Waals surface area contributed by atoms with Crippen LogP contribution in [0.15, 0.2) is 36.5 Å². The predicted molar refractivity (Wildman–Crippen MR) is 77.7 cm³/mol. The molecule has 0 radical (unpaired) electrons. The highest BCUT2D eigenvalue weighted by atomic mass is 15.3. The lowest BCUT2D eigenvalue weighted by Crippen LogP contribution is -2.20. The van der Waals surface area contributed by atoms with Gasteiger partial charge in [0, 0.05) is 18.8 Å². The lowest BCUT2D eigenvalue weighted by atomic mass is 10.3. The van der Waals surface area contributed by atoms with Gasteiger partial charge in [-0.15, -0.1) is 5.10 Å². The summed E-state index contributed by atoms with van der Waals surface area (Å²) in [6, 6.07) is 10.1. The molecule has 2 aromatic rings.